The third-order valence-electron chi connectivity index (χ3n) is 5.22. The van der Waals surface area contributed by atoms with Gasteiger partial charge in [0.05, 0.1) is 18.9 Å². The molecule has 0 spiro atoms. The van der Waals surface area contributed by atoms with Crippen LogP contribution in [-0.4, -0.2) is 17.2 Å². The van der Waals surface area contributed by atoms with Crippen molar-refractivity contribution >= 4 is 5.57 Å². The minimum Gasteiger partial charge on any atom is -0.497 e. The van der Waals surface area contributed by atoms with Gasteiger partial charge in [0.1, 0.15) is 5.75 Å². The van der Waals surface area contributed by atoms with Crippen molar-refractivity contribution < 1.29 is 9.84 Å². The van der Waals surface area contributed by atoms with Crippen LogP contribution in [0.15, 0.2) is 48.7 Å². The van der Waals surface area contributed by atoms with Crippen molar-refractivity contribution in [3.63, 3.8) is 0 Å². The van der Waals surface area contributed by atoms with Crippen LogP contribution in [0, 0.1) is 5.92 Å². The summed E-state index contributed by atoms with van der Waals surface area (Å²) in [5.41, 5.74) is 4.59. The summed E-state index contributed by atoms with van der Waals surface area (Å²) in [4.78, 5) is 4.55. The van der Waals surface area contributed by atoms with Gasteiger partial charge in [-0.15, -0.1) is 0 Å². The van der Waals surface area contributed by atoms with Gasteiger partial charge in [0, 0.05) is 11.8 Å². The third kappa shape index (κ3) is 4.73. The molecule has 0 bridgehead atoms. The lowest BCUT2D eigenvalue weighted by atomic mass is 9.92. The first kappa shape index (κ1) is 18.7. The van der Waals surface area contributed by atoms with E-state index in [2.05, 4.69) is 30.1 Å². The molecule has 0 amide bonds. The summed E-state index contributed by atoms with van der Waals surface area (Å²) in [5.74, 6) is 1.41. The minimum absolute atomic E-state index is 0.446. The molecule has 1 heterocycles. The number of methoxy groups -OCH3 is 1. The Morgan fingerprint density at radius 2 is 1.96 bits per heavy atom. The molecule has 0 saturated heterocycles. The van der Waals surface area contributed by atoms with E-state index < -0.39 is 6.10 Å². The monoisotopic (exact) mass is 351 g/mol. The highest BCUT2D eigenvalue weighted by molar-refractivity contribution is 5.67. The van der Waals surface area contributed by atoms with E-state index >= 15 is 0 Å². The summed E-state index contributed by atoms with van der Waals surface area (Å²) < 4.78 is 5.21. The number of aliphatic hydroxyl groups is 1. The molecule has 2 atom stereocenters. The molecule has 1 N–H and O–H groups in total. The van der Waals surface area contributed by atoms with Gasteiger partial charge in [0.2, 0.25) is 0 Å². The summed E-state index contributed by atoms with van der Waals surface area (Å²) in [5, 5.41) is 10.8. The summed E-state index contributed by atoms with van der Waals surface area (Å²) in [6.07, 6.45) is 9.82. The maximum atomic E-state index is 10.8. The van der Waals surface area contributed by atoms with Gasteiger partial charge in [-0.25, -0.2) is 0 Å². The van der Waals surface area contributed by atoms with Crippen LogP contribution < -0.4 is 4.74 Å². The standard InChI is InChI=1S/C23H29NO2/c1-17(16-18-10-12-20(26-2)13-11-18)9-14-22(25)21-8-5-15-24-23(21)19-6-3-4-7-19/h5-6,8,10-13,15,17,22,25H,3-4,7,9,14,16H2,1-2H3/t17-,22-/m0/s1. The van der Waals surface area contributed by atoms with Crippen molar-refractivity contribution in [3.05, 3.63) is 65.5 Å². The molecule has 3 heteroatoms. The number of nitrogens with zero attached hydrogens (tertiary/aromatic N) is 1. The number of ether oxygens (including phenoxy) is 1. The fraction of sp³-hybridized carbons (Fsp3) is 0.435. The van der Waals surface area contributed by atoms with Gasteiger partial charge < -0.3 is 9.84 Å². The molecule has 3 nitrogen and oxygen atoms in total. The van der Waals surface area contributed by atoms with Crippen molar-refractivity contribution in [1.29, 1.82) is 0 Å². The van der Waals surface area contributed by atoms with Crippen LogP contribution in [0.2, 0.25) is 0 Å². The summed E-state index contributed by atoms with van der Waals surface area (Å²) in [6.45, 7) is 2.25. The molecular weight excluding hydrogens is 322 g/mol. The molecular formula is C23H29NO2. The zero-order chi connectivity index (χ0) is 18.4. The topological polar surface area (TPSA) is 42.4 Å². The molecule has 3 rings (SSSR count). The van der Waals surface area contributed by atoms with E-state index in [0.717, 1.165) is 49.1 Å². The second-order valence-corrected chi connectivity index (χ2v) is 7.31. The second-order valence-electron chi connectivity index (χ2n) is 7.31. The number of aliphatic hydroxyl groups excluding tert-OH is 1. The molecule has 0 aliphatic heterocycles. The molecule has 138 valence electrons. The van der Waals surface area contributed by atoms with Crippen LogP contribution >= 0.6 is 0 Å². The lowest BCUT2D eigenvalue weighted by Gasteiger charge is -2.18. The van der Waals surface area contributed by atoms with Crippen LogP contribution in [0.3, 0.4) is 0 Å². The van der Waals surface area contributed by atoms with E-state index in [-0.39, 0.29) is 0 Å². The second kappa shape index (κ2) is 9.00. The fourth-order valence-corrected chi connectivity index (χ4v) is 3.70. The first-order valence-electron chi connectivity index (χ1n) is 9.62. The van der Waals surface area contributed by atoms with Crippen LogP contribution in [0.4, 0.5) is 0 Å². The van der Waals surface area contributed by atoms with Gasteiger partial charge in [0.15, 0.2) is 0 Å². The lowest BCUT2D eigenvalue weighted by Crippen LogP contribution is -2.07. The van der Waals surface area contributed by atoms with Gasteiger partial charge in [-0.2, -0.15) is 0 Å². The molecule has 2 aromatic rings. The molecule has 1 aromatic carbocycles. The van der Waals surface area contributed by atoms with Gasteiger partial charge in [-0.3, -0.25) is 4.98 Å². The van der Waals surface area contributed by atoms with E-state index in [1.807, 2.05) is 30.5 Å². The normalized spacial score (nSPS) is 16.2. The van der Waals surface area contributed by atoms with Gasteiger partial charge >= 0.3 is 0 Å². The largest absolute Gasteiger partial charge is 0.497 e. The van der Waals surface area contributed by atoms with Crippen LogP contribution in [0.25, 0.3) is 5.57 Å². The Morgan fingerprint density at radius 1 is 1.15 bits per heavy atom. The highest BCUT2D eigenvalue weighted by atomic mass is 16.5. The molecule has 0 unspecified atom stereocenters. The maximum absolute atomic E-state index is 10.8. The lowest BCUT2D eigenvalue weighted by molar-refractivity contribution is 0.157. The van der Waals surface area contributed by atoms with Crippen molar-refractivity contribution in [2.24, 2.45) is 5.92 Å². The predicted molar refractivity (Wildman–Crippen MR) is 106 cm³/mol. The average Bonchev–Trinajstić information content (AvgIpc) is 3.21. The Morgan fingerprint density at radius 3 is 2.65 bits per heavy atom. The zero-order valence-electron chi connectivity index (χ0n) is 15.8. The molecule has 1 aliphatic rings. The predicted octanol–water partition coefficient (Wildman–Crippen LogP) is 5.35. The quantitative estimate of drug-likeness (QED) is 0.697. The van der Waals surface area contributed by atoms with Crippen LogP contribution in [-0.2, 0) is 6.42 Å². The molecule has 1 aromatic heterocycles. The number of hydrogen-bond acceptors (Lipinski definition) is 3. The van der Waals surface area contributed by atoms with Crippen molar-refractivity contribution in [3.8, 4) is 5.75 Å². The Labute approximate surface area is 156 Å². The van der Waals surface area contributed by atoms with E-state index in [9.17, 15) is 5.11 Å². The van der Waals surface area contributed by atoms with E-state index in [1.165, 1.54) is 17.6 Å². The van der Waals surface area contributed by atoms with Crippen molar-refractivity contribution in [2.45, 2.75) is 51.6 Å². The number of benzene rings is 1. The molecule has 0 radical (unpaired) electrons. The summed E-state index contributed by atoms with van der Waals surface area (Å²) in [7, 11) is 1.69. The number of pyridine rings is 1. The highest BCUT2D eigenvalue weighted by Gasteiger charge is 2.18. The van der Waals surface area contributed by atoms with Gasteiger partial charge in [-0.1, -0.05) is 31.2 Å². The Hall–Kier alpha value is -2.13. The molecule has 0 fully saturated rings. The maximum Gasteiger partial charge on any atom is 0.118 e. The van der Waals surface area contributed by atoms with Gasteiger partial charge in [0.25, 0.3) is 0 Å². The van der Waals surface area contributed by atoms with E-state index in [0.29, 0.717) is 5.92 Å². The van der Waals surface area contributed by atoms with Crippen molar-refractivity contribution in [2.75, 3.05) is 7.11 Å². The fourth-order valence-electron chi connectivity index (χ4n) is 3.70. The third-order valence-corrected chi connectivity index (χ3v) is 5.22. The molecule has 1 aliphatic carbocycles. The highest BCUT2D eigenvalue weighted by Crippen LogP contribution is 2.33. The van der Waals surface area contributed by atoms with Gasteiger partial charge in [-0.05, 0) is 73.8 Å². The molecule has 0 saturated carbocycles. The SMILES string of the molecule is COc1ccc(C[C@@H](C)CC[C@H](O)c2cccnc2C2=CCCC2)cc1. The average molecular weight is 351 g/mol. The summed E-state index contributed by atoms with van der Waals surface area (Å²) in [6, 6.07) is 12.2. The Bertz CT molecular complexity index is 736. The summed E-state index contributed by atoms with van der Waals surface area (Å²) >= 11 is 0. The molecule has 26 heavy (non-hydrogen) atoms. The Balaban J connectivity index is 1.57. The van der Waals surface area contributed by atoms with Crippen LogP contribution in [0.1, 0.15) is 62.0 Å². The Kier molecular flexibility index (Phi) is 6.45. The first-order valence-corrected chi connectivity index (χ1v) is 9.62. The van der Waals surface area contributed by atoms with E-state index in [1.54, 1.807) is 7.11 Å². The smallest absolute Gasteiger partial charge is 0.118 e. The zero-order valence-corrected chi connectivity index (χ0v) is 15.8. The number of allylic oxidation sites excluding steroid dienone is 2. The van der Waals surface area contributed by atoms with Crippen molar-refractivity contribution in [1.82, 2.24) is 4.98 Å². The first-order chi connectivity index (χ1) is 12.7. The number of rotatable bonds is 8. The number of hydrogen-bond donors (Lipinski definition) is 1. The van der Waals surface area contributed by atoms with E-state index in [4.69, 9.17) is 4.74 Å². The van der Waals surface area contributed by atoms with Crippen LogP contribution in [0.5, 0.6) is 5.75 Å². The minimum atomic E-state index is -0.446. The number of aromatic nitrogens is 1.